The minimum atomic E-state index is -0.368. The first-order valence-electron chi connectivity index (χ1n) is 8.50. The fourth-order valence-electron chi connectivity index (χ4n) is 2.68. The Hall–Kier alpha value is -2.64. The first-order chi connectivity index (χ1) is 13.3. The molecule has 144 valence electrons. The van der Waals surface area contributed by atoms with Gasteiger partial charge in [-0.25, -0.2) is 4.68 Å². The first-order valence-corrected chi connectivity index (χ1v) is 9.67. The van der Waals surface area contributed by atoms with E-state index in [2.05, 4.69) is 31.7 Å². The Morgan fingerprint density at radius 2 is 1.96 bits per heavy atom. The molecule has 2 amide bonds. The zero-order valence-corrected chi connectivity index (χ0v) is 17.6. The molecule has 8 heteroatoms. The standard InChI is InChI=1S/C20H18BrClN4O2/c1-12-8-15(6-7-18(12)21)25-19(27)11-23-20(28)17-10-24-26(13(17)2)16-5-3-4-14(22)9-16/h3-10H,11H2,1-2H3,(H,23,28)(H,25,27). The summed E-state index contributed by atoms with van der Waals surface area (Å²) in [7, 11) is 0. The fourth-order valence-corrected chi connectivity index (χ4v) is 3.12. The van der Waals surface area contributed by atoms with Crippen LogP contribution in [0.15, 0.2) is 53.1 Å². The quantitative estimate of drug-likeness (QED) is 0.596. The van der Waals surface area contributed by atoms with Crippen LogP contribution in [0, 0.1) is 13.8 Å². The summed E-state index contributed by atoms with van der Waals surface area (Å²) < 4.78 is 2.59. The van der Waals surface area contributed by atoms with Crippen molar-refractivity contribution in [3.63, 3.8) is 0 Å². The lowest BCUT2D eigenvalue weighted by atomic mass is 10.2. The van der Waals surface area contributed by atoms with Crippen molar-refractivity contribution in [1.82, 2.24) is 15.1 Å². The smallest absolute Gasteiger partial charge is 0.255 e. The Morgan fingerprint density at radius 1 is 1.18 bits per heavy atom. The van der Waals surface area contributed by atoms with Gasteiger partial charge >= 0.3 is 0 Å². The van der Waals surface area contributed by atoms with E-state index >= 15 is 0 Å². The van der Waals surface area contributed by atoms with Gasteiger partial charge in [0.05, 0.1) is 29.7 Å². The van der Waals surface area contributed by atoms with Gasteiger partial charge in [0.1, 0.15) is 0 Å². The largest absolute Gasteiger partial charge is 0.343 e. The number of aryl methyl sites for hydroxylation is 1. The predicted octanol–water partition coefficient (Wildman–Crippen LogP) is 4.27. The van der Waals surface area contributed by atoms with Crippen LogP contribution in [0.1, 0.15) is 21.6 Å². The van der Waals surface area contributed by atoms with Gasteiger partial charge in [-0.2, -0.15) is 5.10 Å². The molecule has 3 aromatic rings. The Labute approximate surface area is 176 Å². The van der Waals surface area contributed by atoms with E-state index in [4.69, 9.17) is 11.6 Å². The number of hydrogen-bond acceptors (Lipinski definition) is 3. The lowest BCUT2D eigenvalue weighted by Gasteiger charge is -2.09. The maximum absolute atomic E-state index is 12.5. The number of hydrogen-bond donors (Lipinski definition) is 2. The predicted molar refractivity (Wildman–Crippen MR) is 113 cm³/mol. The van der Waals surface area contributed by atoms with Crippen molar-refractivity contribution in [2.24, 2.45) is 0 Å². The van der Waals surface area contributed by atoms with Crippen LogP contribution in [0.3, 0.4) is 0 Å². The van der Waals surface area contributed by atoms with Gasteiger partial charge in [0.15, 0.2) is 0 Å². The highest BCUT2D eigenvalue weighted by atomic mass is 79.9. The van der Waals surface area contributed by atoms with Crippen LogP contribution < -0.4 is 10.6 Å². The van der Waals surface area contributed by atoms with E-state index < -0.39 is 0 Å². The molecule has 0 saturated carbocycles. The number of benzene rings is 2. The van der Waals surface area contributed by atoms with Crippen LogP contribution in [-0.4, -0.2) is 28.1 Å². The van der Waals surface area contributed by atoms with Crippen LogP contribution >= 0.6 is 27.5 Å². The molecule has 2 aromatic carbocycles. The second kappa shape index (κ2) is 8.58. The van der Waals surface area contributed by atoms with Crippen LogP contribution in [0.4, 0.5) is 5.69 Å². The number of anilines is 1. The van der Waals surface area contributed by atoms with Gasteiger partial charge in [0.2, 0.25) is 5.91 Å². The van der Waals surface area contributed by atoms with E-state index in [-0.39, 0.29) is 18.4 Å². The van der Waals surface area contributed by atoms with E-state index in [1.54, 1.807) is 29.8 Å². The second-order valence-electron chi connectivity index (χ2n) is 6.23. The van der Waals surface area contributed by atoms with Gasteiger partial charge in [-0.05, 0) is 55.8 Å². The van der Waals surface area contributed by atoms with Gasteiger partial charge in [0.25, 0.3) is 5.91 Å². The summed E-state index contributed by atoms with van der Waals surface area (Å²) in [4.78, 5) is 24.6. The third-order valence-electron chi connectivity index (χ3n) is 4.16. The van der Waals surface area contributed by atoms with Crippen LogP contribution in [0.5, 0.6) is 0 Å². The number of carbonyl (C=O) groups excluding carboxylic acids is 2. The number of nitrogens with one attached hydrogen (secondary N) is 2. The minimum absolute atomic E-state index is 0.143. The molecular formula is C20H18BrClN4O2. The summed E-state index contributed by atoms with van der Waals surface area (Å²) >= 11 is 9.43. The lowest BCUT2D eigenvalue weighted by Crippen LogP contribution is -2.33. The molecular weight excluding hydrogens is 444 g/mol. The molecule has 0 saturated heterocycles. The average Bonchev–Trinajstić information content (AvgIpc) is 3.04. The van der Waals surface area contributed by atoms with Gasteiger partial charge in [0, 0.05) is 15.2 Å². The number of halogens is 2. The highest BCUT2D eigenvalue weighted by Gasteiger charge is 2.16. The highest BCUT2D eigenvalue weighted by molar-refractivity contribution is 9.10. The molecule has 0 aliphatic carbocycles. The van der Waals surface area contributed by atoms with Crippen molar-refractivity contribution in [3.8, 4) is 5.69 Å². The molecule has 28 heavy (non-hydrogen) atoms. The van der Waals surface area contributed by atoms with Gasteiger partial charge in [-0.1, -0.05) is 33.6 Å². The second-order valence-corrected chi connectivity index (χ2v) is 7.52. The molecule has 1 heterocycles. The van der Waals surface area contributed by atoms with Crippen molar-refractivity contribution in [3.05, 3.63) is 75.0 Å². The molecule has 0 atom stereocenters. The highest BCUT2D eigenvalue weighted by Crippen LogP contribution is 2.20. The number of nitrogens with zero attached hydrogens (tertiary/aromatic N) is 2. The fraction of sp³-hybridized carbons (Fsp3) is 0.150. The summed E-state index contributed by atoms with van der Waals surface area (Å²) in [5.74, 6) is -0.678. The zero-order valence-electron chi connectivity index (χ0n) is 15.3. The molecule has 1 aromatic heterocycles. The first kappa shape index (κ1) is 20.1. The molecule has 0 spiro atoms. The summed E-state index contributed by atoms with van der Waals surface area (Å²) in [6, 6.07) is 12.7. The Kier molecular flexibility index (Phi) is 6.16. The molecule has 6 nitrogen and oxygen atoms in total. The summed E-state index contributed by atoms with van der Waals surface area (Å²) in [6.07, 6.45) is 1.47. The van der Waals surface area contributed by atoms with E-state index in [0.29, 0.717) is 22.0 Å². The molecule has 3 rings (SSSR count). The molecule has 0 aliphatic heterocycles. The lowest BCUT2D eigenvalue weighted by molar-refractivity contribution is -0.115. The van der Waals surface area contributed by atoms with Gasteiger partial charge in [-0.15, -0.1) is 0 Å². The van der Waals surface area contributed by atoms with E-state index in [1.165, 1.54) is 6.20 Å². The third-order valence-corrected chi connectivity index (χ3v) is 5.28. The third kappa shape index (κ3) is 4.61. The van der Waals surface area contributed by atoms with Crippen LogP contribution in [0.2, 0.25) is 5.02 Å². The number of aromatic nitrogens is 2. The van der Waals surface area contributed by atoms with Crippen molar-refractivity contribution >= 4 is 45.0 Å². The van der Waals surface area contributed by atoms with Crippen molar-refractivity contribution in [2.45, 2.75) is 13.8 Å². The zero-order chi connectivity index (χ0) is 20.3. The molecule has 0 radical (unpaired) electrons. The summed E-state index contributed by atoms with van der Waals surface area (Å²) in [6.45, 7) is 3.57. The summed E-state index contributed by atoms with van der Waals surface area (Å²) in [5.41, 5.74) is 3.49. The average molecular weight is 462 g/mol. The molecule has 0 fully saturated rings. The number of rotatable bonds is 5. The Bertz CT molecular complexity index is 1050. The number of amides is 2. The van der Waals surface area contributed by atoms with Crippen molar-refractivity contribution in [1.29, 1.82) is 0 Å². The molecule has 0 unspecified atom stereocenters. The maximum Gasteiger partial charge on any atom is 0.255 e. The maximum atomic E-state index is 12.5. The van der Waals surface area contributed by atoms with E-state index in [9.17, 15) is 9.59 Å². The molecule has 2 N–H and O–H groups in total. The van der Waals surface area contributed by atoms with Crippen LogP contribution in [0.25, 0.3) is 5.69 Å². The minimum Gasteiger partial charge on any atom is -0.343 e. The van der Waals surface area contributed by atoms with Gasteiger partial charge in [-0.3, -0.25) is 9.59 Å². The van der Waals surface area contributed by atoms with E-state index in [0.717, 1.165) is 15.7 Å². The van der Waals surface area contributed by atoms with Crippen LogP contribution in [-0.2, 0) is 4.79 Å². The molecule has 0 bridgehead atoms. The monoisotopic (exact) mass is 460 g/mol. The van der Waals surface area contributed by atoms with E-state index in [1.807, 2.05) is 31.2 Å². The Morgan fingerprint density at radius 3 is 2.68 bits per heavy atom. The Balaban J connectivity index is 1.63. The van der Waals surface area contributed by atoms with Crippen molar-refractivity contribution in [2.75, 3.05) is 11.9 Å². The van der Waals surface area contributed by atoms with Crippen molar-refractivity contribution < 1.29 is 9.59 Å². The number of carbonyl (C=O) groups is 2. The topological polar surface area (TPSA) is 76.0 Å². The SMILES string of the molecule is Cc1cc(NC(=O)CNC(=O)c2cnn(-c3cccc(Cl)c3)c2C)ccc1Br. The summed E-state index contributed by atoms with van der Waals surface area (Å²) in [5, 5.41) is 10.2. The molecule has 0 aliphatic rings. The normalized spacial score (nSPS) is 10.6. The van der Waals surface area contributed by atoms with Gasteiger partial charge < -0.3 is 10.6 Å².